The van der Waals surface area contributed by atoms with Gasteiger partial charge in [0.2, 0.25) is 5.91 Å². The summed E-state index contributed by atoms with van der Waals surface area (Å²) < 4.78 is 35.5. The molecule has 7 heteroatoms. The molecule has 4 nitrogen and oxygen atoms in total. The van der Waals surface area contributed by atoms with E-state index >= 15 is 0 Å². The molecule has 0 heterocycles. The summed E-state index contributed by atoms with van der Waals surface area (Å²) in [5.74, 6) is -0.706. The number of aliphatic hydroxyl groups excluding tert-OH is 1. The van der Waals surface area contributed by atoms with Crippen LogP contribution in [0.15, 0.2) is 0 Å². The summed E-state index contributed by atoms with van der Waals surface area (Å²) >= 11 is 0. The highest BCUT2D eigenvalue weighted by atomic mass is 19.4. The number of hydrogen-bond donors (Lipinski definition) is 3. The Morgan fingerprint density at radius 2 is 1.88 bits per heavy atom. The van der Waals surface area contributed by atoms with Gasteiger partial charge in [0.1, 0.15) is 6.54 Å². The summed E-state index contributed by atoms with van der Waals surface area (Å²) in [6.07, 6.45) is -0.987. The van der Waals surface area contributed by atoms with Crippen molar-refractivity contribution < 1.29 is 23.1 Å². The maximum Gasteiger partial charge on any atom is 0.405 e. The zero-order valence-corrected chi connectivity index (χ0v) is 9.44. The fourth-order valence-electron chi connectivity index (χ4n) is 1.97. The maximum atomic E-state index is 11.8. The van der Waals surface area contributed by atoms with E-state index in [1.807, 2.05) is 0 Å². The topological polar surface area (TPSA) is 61.4 Å². The quantitative estimate of drug-likeness (QED) is 0.672. The van der Waals surface area contributed by atoms with E-state index in [0.29, 0.717) is 0 Å². The van der Waals surface area contributed by atoms with E-state index in [2.05, 4.69) is 5.32 Å². The fraction of sp³-hybridized carbons (Fsp3) is 0.900. The molecule has 0 atom stereocenters. The zero-order valence-electron chi connectivity index (χ0n) is 9.44. The average molecular weight is 254 g/mol. The van der Waals surface area contributed by atoms with Crippen molar-refractivity contribution in [3.8, 4) is 0 Å². The fourth-order valence-corrected chi connectivity index (χ4v) is 1.97. The first-order chi connectivity index (χ1) is 7.87. The van der Waals surface area contributed by atoms with Gasteiger partial charge in [-0.3, -0.25) is 4.79 Å². The molecular weight excluding hydrogens is 237 g/mol. The highest BCUT2D eigenvalue weighted by Crippen LogP contribution is 2.28. The molecule has 0 unspecified atom stereocenters. The minimum Gasteiger partial charge on any atom is -0.394 e. The average Bonchev–Trinajstić information content (AvgIpc) is 2.72. The van der Waals surface area contributed by atoms with E-state index in [-0.39, 0.29) is 13.2 Å². The monoisotopic (exact) mass is 254 g/mol. The predicted octanol–water partition coefficient (Wildman–Crippen LogP) is 0.560. The molecular formula is C10H17F3N2O2. The number of rotatable bonds is 5. The Morgan fingerprint density at radius 3 is 2.35 bits per heavy atom. The summed E-state index contributed by atoms with van der Waals surface area (Å²) in [5, 5.41) is 13.8. The van der Waals surface area contributed by atoms with Crippen LogP contribution in [0.5, 0.6) is 0 Å². The van der Waals surface area contributed by atoms with Crippen molar-refractivity contribution in [3.63, 3.8) is 0 Å². The summed E-state index contributed by atoms with van der Waals surface area (Å²) in [4.78, 5) is 11.1. The van der Waals surface area contributed by atoms with Crippen LogP contribution in [0.25, 0.3) is 0 Å². The Labute approximate surface area is 97.6 Å². The van der Waals surface area contributed by atoms with Gasteiger partial charge in [0.05, 0.1) is 13.2 Å². The van der Waals surface area contributed by atoms with Gasteiger partial charge in [-0.15, -0.1) is 0 Å². The van der Waals surface area contributed by atoms with Crippen LogP contribution in [0.3, 0.4) is 0 Å². The van der Waals surface area contributed by atoms with Crippen LogP contribution < -0.4 is 10.6 Å². The first-order valence-electron chi connectivity index (χ1n) is 5.56. The molecule has 0 saturated heterocycles. The molecule has 100 valence electrons. The van der Waals surface area contributed by atoms with Gasteiger partial charge >= 0.3 is 6.18 Å². The molecule has 3 N–H and O–H groups in total. The van der Waals surface area contributed by atoms with Crippen molar-refractivity contribution in [3.05, 3.63) is 0 Å². The van der Waals surface area contributed by atoms with Crippen LogP contribution in [-0.2, 0) is 4.79 Å². The predicted molar refractivity (Wildman–Crippen MR) is 55.4 cm³/mol. The SMILES string of the molecule is O=C(CNC1(CO)CCCC1)NCC(F)(F)F. The van der Waals surface area contributed by atoms with Crippen LogP contribution >= 0.6 is 0 Å². The van der Waals surface area contributed by atoms with Crippen LogP contribution in [0, 0.1) is 0 Å². The molecule has 0 bridgehead atoms. The van der Waals surface area contributed by atoms with Gasteiger partial charge in [-0.1, -0.05) is 12.8 Å². The highest BCUT2D eigenvalue weighted by Gasteiger charge is 2.33. The largest absolute Gasteiger partial charge is 0.405 e. The number of carbonyl (C=O) groups is 1. The molecule has 0 aromatic heterocycles. The number of alkyl halides is 3. The van der Waals surface area contributed by atoms with Crippen molar-refractivity contribution in [2.24, 2.45) is 0 Å². The molecule has 0 aromatic carbocycles. The Kier molecular flexibility index (Phi) is 4.76. The number of amides is 1. The molecule has 0 radical (unpaired) electrons. The first-order valence-corrected chi connectivity index (χ1v) is 5.56. The van der Waals surface area contributed by atoms with Gasteiger partial charge in [0.25, 0.3) is 0 Å². The smallest absolute Gasteiger partial charge is 0.394 e. The Balaban J connectivity index is 2.27. The number of aliphatic hydroxyl groups is 1. The van der Waals surface area contributed by atoms with Crippen molar-refractivity contribution in [2.75, 3.05) is 19.7 Å². The molecule has 1 aliphatic rings. The Morgan fingerprint density at radius 1 is 1.29 bits per heavy atom. The van der Waals surface area contributed by atoms with Crippen molar-refractivity contribution in [1.29, 1.82) is 0 Å². The van der Waals surface area contributed by atoms with Crippen LogP contribution in [0.2, 0.25) is 0 Å². The van der Waals surface area contributed by atoms with E-state index in [1.54, 1.807) is 5.32 Å². The summed E-state index contributed by atoms with van der Waals surface area (Å²) in [6, 6.07) is 0. The van der Waals surface area contributed by atoms with Crippen LogP contribution in [0.4, 0.5) is 13.2 Å². The van der Waals surface area contributed by atoms with Gasteiger partial charge in [0.15, 0.2) is 0 Å². The third-order valence-corrected chi connectivity index (χ3v) is 2.97. The van der Waals surface area contributed by atoms with Crippen molar-refractivity contribution in [2.45, 2.75) is 37.4 Å². The number of nitrogens with one attached hydrogen (secondary N) is 2. The Hall–Kier alpha value is -0.820. The third kappa shape index (κ3) is 4.91. The lowest BCUT2D eigenvalue weighted by Crippen LogP contribution is -2.50. The zero-order chi connectivity index (χ0) is 12.9. The molecule has 1 saturated carbocycles. The summed E-state index contributed by atoms with van der Waals surface area (Å²) in [5.41, 5.74) is -0.491. The summed E-state index contributed by atoms with van der Waals surface area (Å²) in [7, 11) is 0. The molecule has 1 amide bonds. The molecule has 17 heavy (non-hydrogen) atoms. The molecule has 0 spiro atoms. The van der Waals surface area contributed by atoms with Gasteiger partial charge in [-0.05, 0) is 12.8 Å². The molecule has 0 aromatic rings. The van der Waals surface area contributed by atoms with E-state index in [0.717, 1.165) is 25.7 Å². The number of hydrogen-bond acceptors (Lipinski definition) is 3. The van der Waals surface area contributed by atoms with Gasteiger partial charge in [-0.25, -0.2) is 0 Å². The second-order valence-corrected chi connectivity index (χ2v) is 4.39. The van der Waals surface area contributed by atoms with E-state index < -0.39 is 24.2 Å². The maximum absolute atomic E-state index is 11.8. The highest BCUT2D eigenvalue weighted by molar-refractivity contribution is 5.78. The van der Waals surface area contributed by atoms with Crippen molar-refractivity contribution in [1.82, 2.24) is 10.6 Å². The van der Waals surface area contributed by atoms with Crippen LogP contribution in [-0.4, -0.2) is 42.4 Å². The van der Waals surface area contributed by atoms with E-state index in [9.17, 15) is 23.1 Å². The second-order valence-electron chi connectivity index (χ2n) is 4.39. The molecule has 0 aliphatic heterocycles. The number of halogens is 3. The first kappa shape index (κ1) is 14.2. The summed E-state index contributed by atoms with van der Waals surface area (Å²) in [6.45, 7) is -1.62. The lowest BCUT2D eigenvalue weighted by Gasteiger charge is -2.27. The van der Waals surface area contributed by atoms with Crippen LogP contribution in [0.1, 0.15) is 25.7 Å². The van der Waals surface area contributed by atoms with Gasteiger partial charge in [-0.2, -0.15) is 13.2 Å². The Bertz CT molecular complexity index is 263. The van der Waals surface area contributed by atoms with E-state index in [4.69, 9.17) is 0 Å². The molecule has 1 fully saturated rings. The van der Waals surface area contributed by atoms with Gasteiger partial charge < -0.3 is 15.7 Å². The molecule has 1 aliphatic carbocycles. The molecule has 1 rings (SSSR count). The van der Waals surface area contributed by atoms with Crippen molar-refractivity contribution >= 4 is 5.91 Å². The third-order valence-electron chi connectivity index (χ3n) is 2.97. The number of carbonyl (C=O) groups excluding carboxylic acids is 1. The van der Waals surface area contributed by atoms with E-state index in [1.165, 1.54) is 0 Å². The normalized spacial score (nSPS) is 19.3. The minimum atomic E-state index is -4.39. The van der Waals surface area contributed by atoms with Gasteiger partial charge in [0, 0.05) is 5.54 Å². The lowest BCUT2D eigenvalue weighted by atomic mass is 9.99. The second kappa shape index (κ2) is 5.68. The lowest BCUT2D eigenvalue weighted by molar-refractivity contribution is -0.138. The minimum absolute atomic E-state index is 0.0977. The standard InChI is InChI=1S/C10H17F3N2O2/c11-10(12,13)6-14-8(17)5-15-9(7-16)3-1-2-4-9/h15-16H,1-7H2,(H,14,17).